The fraction of sp³-hybridized carbons (Fsp3) is 0.500. The Balaban J connectivity index is 1.71. The molecule has 1 aliphatic carbocycles. The molecule has 1 unspecified atom stereocenters. The van der Waals surface area contributed by atoms with E-state index in [1.54, 1.807) is 0 Å². The molecule has 0 radical (unpaired) electrons. The average molecular weight is 246 g/mol. The molecule has 1 saturated carbocycles. The summed E-state index contributed by atoms with van der Waals surface area (Å²) in [7, 11) is 0. The first-order valence-electron chi connectivity index (χ1n) is 6.58. The zero-order valence-corrected chi connectivity index (χ0v) is 10.2. The van der Waals surface area contributed by atoms with Crippen molar-refractivity contribution >= 4 is 11.6 Å². The van der Waals surface area contributed by atoms with Crippen molar-refractivity contribution in [3.8, 4) is 0 Å². The molecule has 1 aromatic rings. The van der Waals surface area contributed by atoms with Gasteiger partial charge in [-0.25, -0.2) is 0 Å². The van der Waals surface area contributed by atoms with Crippen molar-refractivity contribution in [3.63, 3.8) is 0 Å². The minimum atomic E-state index is -0.235. The van der Waals surface area contributed by atoms with E-state index in [0.717, 1.165) is 36.9 Å². The fourth-order valence-corrected chi connectivity index (χ4v) is 2.85. The highest BCUT2D eigenvalue weighted by atomic mass is 16.3. The zero-order valence-electron chi connectivity index (χ0n) is 10.2. The maximum atomic E-state index is 11.9. The van der Waals surface area contributed by atoms with Gasteiger partial charge in [-0.15, -0.1) is 0 Å². The van der Waals surface area contributed by atoms with Crippen molar-refractivity contribution in [3.05, 3.63) is 29.8 Å². The number of aliphatic hydroxyl groups excluding tert-OH is 1. The molecule has 1 aromatic carbocycles. The quantitative estimate of drug-likeness (QED) is 0.742. The van der Waals surface area contributed by atoms with E-state index >= 15 is 0 Å². The molecule has 3 rings (SSSR count). The first kappa shape index (κ1) is 11.7. The summed E-state index contributed by atoms with van der Waals surface area (Å²) in [5.74, 6) is 0.0299. The second-order valence-corrected chi connectivity index (χ2v) is 5.18. The first-order valence-corrected chi connectivity index (χ1v) is 6.58. The summed E-state index contributed by atoms with van der Waals surface area (Å²) < 4.78 is 0. The van der Waals surface area contributed by atoms with Crippen LogP contribution in [0.3, 0.4) is 0 Å². The van der Waals surface area contributed by atoms with Crippen LogP contribution in [0.2, 0.25) is 0 Å². The van der Waals surface area contributed by atoms with E-state index in [1.165, 1.54) is 0 Å². The van der Waals surface area contributed by atoms with Gasteiger partial charge < -0.3 is 10.4 Å². The van der Waals surface area contributed by atoms with Gasteiger partial charge in [0.2, 0.25) is 5.91 Å². The molecule has 0 saturated heterocycles. The molecule has 0 spiro atoms. The standard InChI is InChI=1S/C14H18N2O2/c17-10-7-5-9(6-8-10)15-13-11-3-1-2-4-12(11)16-14(13)18/h1-4,9-10,13,15,17H,5-8H2,(H,16,18). The Bertz CT molecular complexity index is 453. The van der Waals surface area contributed by atoms with Gasteiger partial charge >= 0.3 is 0 Å². The molecule has 96 valence electrons. The van der Waals surface area contributed by atoms with Crippen LogP contribution in [-0.4, -0.2) is 23.2 Å². The van der Waals surface area contributed by atoms with Gasteiger partial charge in [-0.2, -0.15) is 0 Å². The number of anilines is 1. The predicted octanol–water partition coefficient (Wildman–Crippen LogP) is 1.57. The van der Waals surface area contributed by atoms with E-state index in [1.807, 2.05) is 24.3 Å². The molecule has 4 heteroatoms. The Morgan fingerprint density at radius 3 is 2.67 bits per heavy atom. The highest BCUT2D eigenvalue weighted by Crippen LogP contribution is 2.32. The van der Waals surface area contributed by atoms with E-state index in [2.05, 4.69) is 10.6 Å². The highest BCUT2D eigenvalue weighted by molar-refractivity contribution is 6.02. The van der Waals surface area contributed by atoms with Gasteiger partial charge in [-0.1, -0.05) is 18.2 Å². The van der Waals surface area contributed by atoms with Gasteiger partial charge in [0.05, 0.1) is 6.10 Å². The zero-order chi connectivity index (χ0) is 12.5. The van der Waals surface area contributed by atoms with Gasteiger partial charge in [0.1, 0.15) is 6.04 Å². The van der Waals surface area contributed by atoms with Crippen LogP contribution in [0.1, 0.15) is 37.3 Å². The van der Waals surface area contributed by atoms with Crippen molar-refractivity contribution in [2.75, 3.05) is 5.32 Å². The lowest BCUT2D eigenvalue weighted by Crippen LogP contribution is -2.39. The Labute approximate surface area is 106 Å². The second-order valence-electron chi connectivity index (χ2n) is 5.18. The molecular formula is C14H18N2O2. The smallest absolute Gasteiger partial charge is 0.246 e. The third-order valence-electron chi connectivity index (χ3n) is 3.89. The van der Waals surface area contributed by atoms with E-state index < -0.39 is 0 Å². The topological polar surface area (TPSA) is 61.4 Å². The lowest BCUT2D eigenvalue weighted by atomic mass is 9.92. The molecule has 1 heterocycles. The minimum Gasteiger partial charge on any atom is -0.393 e. The van der Waals surface area contributed by atoms with Crippen molar-refractivity contribution in [1.82, 2.24) is 5.32 Å². The average Bonchev–Trinajstić information content (AvgIpc) is 2.69. The van der Waals surface area contributed by atoms with Crippen LogP contribution in [0.5, 0.6) is 0 Å². The summed E-state index contributed by atoms with van der Waals surface area (Å²) in [6, 6.07) is 7.90. The van der Waals surface area contributed by atoms with E-state index in [4.69, 9.17) is 0 Å². The number of hydrogen-bond donors (Lipinski definition) is 3. The summed E-state index contributed by atoms with van der Waals surface area (Å²) in [5.41, 5.74) is 1.95. The van der Waals surface area contributed by atoms with Gasteiger partial charge in [-0.05, 0) is 31.7 Å². The maximum absolute atomic E-state index is 11.9. The number of carbonyl (C=O) groups excluding carboxylic acids is 1. The summed E-state index contributed by atoms with van der Waals surface area (Å²) in [6.45, 7) is 0. The highest BCUT2D eigenvalue weighted by Gasteiger charge is 2.32. The molecule has 1 amide bonds. The van der Waals surface area contributed by atoms with Gasteiger partial charge in [0.15, 0.2) is 0 Å². The maximum Gasteiger partial charge on any atom is 0.246 e. The van der Waals surface area contributed by atoms with E-state index in [9.17, 15) is 9.90 Å². The predicted molar refractivity (Wildman–Crippen MR) is 69.2 cm³/mol. The summed E-state index contributed by atoms with van der Waals surface area (Å²) >= 11 is 0. The largest absolute Gasteiger partial charge is 0.393 e. The van der Waals surface area contributed by atoms with Crippen LogP contribution in [0, 0.1) is 0 Å². The van der Waals surface area contributed by atoms with E-state index in [-0.39, 0.29) is 18.1 Å². The number of fused-ring (bicyclic) bond motifs is 1. The molecule has 1 atom stereocenters. The molecule has 18 heavy (non-hydrogen) atoms. The minimum absolute atomic E-state index is 0.0299. The third-order valence-corrected chi connectivity index (χ3v) is 3.89. The van der Waals surface area contributed by atoms with Gasteiger partial charge in [0, 0.05) is 17.3 Å². The number of amides is 1. The number of aliphatic hydroxyl groups is 1. The number of para-hydroxylation sites is 1. The molecule has 4 nitrogen and oxygen atoms in total. The van der Waals surface area contributed by atoms with E-state index in [0.29, 0.717) is 6.04 Å². The number of rotatable bonds is 2. The molecule has 0 aromatic heterocycles. The molecule has 1 aliphatic heterocycles. The van der Waals surface area contributed by atoms with Crippen LogP contribution in [0.4, 0.5) is 5.69 Å². The fourth-order valence-electron chi connectivity index (χ4n) is 2.85. The van der Waals surface area contributed by atoms with Gasteiger partial charge in [0.25, 0.3) is 0 Å². The Morgan fingerprint density at radius 1 is 1.17 bits per heavy atom. The molecule has 0 bridgehead atoms. The summed E-state index contributed by atoms with van der Waals surface area (Å²) in [5, 5.41) is 15.8. The van der Waals surface area contributed by atoms with Crippen LogP contribution in [0.15, 0.2) is 24.3 Å². The SMILES string of the molecule is O=C1Nc2ccccc2C1NC1CCC(O)CC1. The normalized spacial score (nSPS) is 30.9. The first-order chi connectivity index (χ1) is 8.74. The number of benzene rings is 1. The Morgan fingerprint density at radius 2 is 1.89 bits per heavy atom. The Kier molecular flexibility index (Phi) is 3.06. The van der Waals surface area contributed by atoms with Crippen molar-refractivity contribution < 1.29 is 9.90 Å². The molecule has 3 N–H and O–H groups in total. The lowest BCUT2D eigenvalue weighted by Gasteiger charge is -2.28. The number of carbonyl (C=O) groups is 1. The van der Waals surface area contributed by atoms with Crippen molar-refractivity contribution in [1.29, 1.82) is 0 Å². The summed E-state index contributed by atoms with van der Waals surface area (Å²) in [6.07, 6.45) is 3.37. The van der Waals surface area contributed by atoms with Crippen LogP contribution in [-0.2, 0) is 4.79 Å². The van der Waals surface area contributed by atoms with Crippen LogP contribution in [0.25, 0.3) is 0 Å². The van der Waals surface area contributed by atoms with Crippen molar-refractivity contribution in [2.24, 2.45) is 0 Å². The van der Waals surface area contributed by atoms with Crippen molar-refractivity contribution in [2.45, 2.75) is 43.9 Å². The Hall–Kier alpha value is -1.39. The second kappa shape index (κ2) is 4.71. The molecule has 2 aliphatic rings. The molecule has 1 fully saturated rings. The number of hydrogen-bond acceptors (Lipinski definition) is 3. The summed E-state index contributed by atoms with van der Waals surface area (Å²) in [4.78, 5) is 11.9. The number of nitrogens with one attached hydrogen (secondary N) is 2. The van der Waals surface area contributed by atoms with Gasteiger partial charge in [-0.3, -0.25) is 10.1 Å². The van der Waals surface area contributed by atoms with Crippen LogP contribution < -0.4 is 10.6 Å². The monoisotopic (exact) mass is 246 g/mol. The van der Waals surface area contributed by atoms with Crippen LogP contribution >= 0.6 is 0 Å². The third kappa shape index (κ3) is 2.13. The lowest BCUT2D eigenvalue weighted by molar-refractivity contribution is -0.118. The molecular weight excluding hydrogens is 228 g/mol.